The van der Waals surface area contributed by atoms with Crippen LogP contribution < -0.4 is 10.1 Å². The maximum Gasteiger partial charge on any atom is 0.350 e. The van der Waals surface area contributed by atoms with Gasteiger partial charge in [-0.25, -0.2) is 9.78 Å². The number of carbonyl (C=O) groups excluding carboxylic acids is 2. The van der Waals surface area contributed by atoms with Crippen molar-refractivity contribution >= 4 is 44.9 Å². The van der Waals surface area contributed by atoms with Gasteiger partial charge in [-0.15, -0.1) is 0 Å². The smallest absolute Gasteiger partial charge is 0.350 e. The number of anilines is 1. The maximum absolute atomic E-state index is 12.6. The van der Waals surface area contributed by atoms with Gasteiger partial charge in [0.15, 0.2) is 5.13 Å². The second-order valence-corrected chi connectivity index (χ2v) is 7.85. The lowest BCUT2D eigenvalue weighted by molar-refractivity contribution is -0.111. The minimum Gasteiger partial charge on any atom is -0.496 e. The number of benzene rings is 1. The highest BCUT2D eigenvalue weighted by molar-refractivity contribution is 7.17. The highest BCUT2D eigenvalue weighted by atomic mass is 32.1. The lowest BCUT2D eigenvalue weighted by Gasteiger charge is -2.13. The molecule has 0 aliphatic rings. The van der Waals surface area contributed by atoms with Gasteiger partial charge in [0.05, 0.1) is 25.7 Å². The molecule has 0 unspecified atom stereocenters. The molecule has 0 aliphatic heterocycles. The maximum atomic E-state index is 12.6. The molecular weight excluding hydrogens is 404 g/mol. The molecule has 1 N–H and O–H groups in total. The largest absolute Gasteiger partial charge is 0.496 e. The van der Waals surface area contributed by atoms with E-state index in [9.17, 15) is 9.59 Å². The fraction of sp³-hybridized carbons (Fsp3) is 0.318. The van der Waals surface area contributed by atoms with E-state index in [1.54, 1.807) is 27.2 Å². The van der Waals surface area contributed by atoms with E-state index < -0.39 is 5.97 Å². The molecule has 2 heterocycles. The van der Waals surface area contributed by atoms with Crippen molar-refractivity contribution in [3.8, 4) is 5.75 Å². The summed E-state index contributed by atoms with van der Waals surface area (Å²) < 4.78 is 16.2. The first-order valence-corrected chi connectivity index (χ1v) is 10.3. The number of nitrogens with one attached hydrogen (secondary N) is 1. The van der Waals surface area contributed by atoms with Crippen molar-refractivity contribution in [1.82, 2.24) is 4.98 Å². The fourth-order valence-corrected chi connectivity index (χ4v) is 4.11. The predicted octanol–water partition coefficient (Wildman–Crippen LogP) is 5.04. The van der Waals surface area contributed by atoms with Gasteiger partial charge in [0.25, 0.3) is 0 Å². The third kappa shape index (κ3) is 4.09. The van der Waals surface area contributed by atoms with Gasteiger partial charge in [-0.05, 0) is 51.8 Å². The van der Waals surface area contributed by atoms with Crippen LogP contribution in [0.2, 0.25) is 0 Å². The van der Waals surface area contributed by atoms with Crippen LogP contribution in [0.25, 0.3) is 16.5 Å². The van der Waals surface area contributed by atoms with E-state index in [-0.39, 0.29) is 12.5 Å². The molecule has 0 saturated carbocycles. The number of aromatic nitrogens is 1. The lowest BCUT2D eigenvalue weighted by Crippen LogP contribution is -2.08. The number of carbonyl (C=O) groups is 2. The van der Waals surface area contributed by atoms with Crippen LogP contribution in [-0.4, -0.2) is 30.6 Å². The summed E-state index contributed by atoms with van der Waals surface area (Å²) in [6, 6.07) is 1.96. The number of rotatable bonds is 6. The Balaban J connectivity index is 1.89. The van der Waals surface area contributed by atoms with Crippen molar-refractivity contribution < 1.29 is 23.5 Å². The molecule has 1 amide bonds. The minimum absolute atomic E-state index is 0.279. The van der Waals surface area contributed by atoms with Crippen LogP contribution >= 0.6 is 11.3 Å². The second-order valence-electron chi connectivity index (χ2n) is 6.85. The van der Waals surface area contributed by atoms with Crippen molar-refractivity contribution in [1.29, 1.82) is 0 Å². The number of hydrogen-bond acceptors (Lipinski definition) is 7. The number of ether oxygens (including phenoxy) is 2. The Hall–Kier alpha value is -3.13. The lowest BCUT2D eigenvalue weighted by atomic mass is 9.98. The quantitative estimate of drug-likeness (QED) is 0.437. The fourth-order valence-electron chi connectivity index (χ4n) is 3.25. The average molecular weight is 429 g/mol. The van der Waals surface area contributed by atoms with Crippen molar-refractivity contribution in [2.75, 3.05) is 19.0 Å². The highest BCUT2D eigenvalue weighted by Crippen LogP contribution is 2.37. The van der Waals surface area contributed by atoms with E-state index in [0.29, 0.717) is 21.5 Å². The Bertz CT molecular complexity index is 1160. The van der Waals surface area contributed by atoms with E-state index in [2.05, 4.69) is 10.3 Å². The Morgan fingerprint density at radius 1 is 1.30 bits per heavy atom. The molecule has 3 rings (SSSR count). The molecule has 0 bridgehead atoms. The van der Waals surface area contributed by atoms with E-state index in [1.807, 2.05) is 26.8 Å². The number of aryl methyl sites for hydroxylation is 3. The summed E-state index contributed by atoms with van der Waals surface area (Å²) in [5, 5.41) is 4.04. The van der Waals surface area contributed by atoms with E-state index in [0.717, 1.165) is 44.6 Å². The summed E-state index contributed by atoms with van der Waals surface area (Å²) in [7, 11) is 1.59. The molecule has 0 saturated heterocycles. The molecule has 3 aromatic rings. The number of amides is 1. The summed E-state index contributed by atoms with van der Waals surface area (Å²) in [6.45, 7) is 9.46. The monoisotopic (exact) mass is 428 g/mol. The molecule has 7 nitrogen and oxygen atoms in total. The number of nitrogens with zero attached hydrogens (tertiary/aromatic N) is 1. The number of furan rings is 1. The Labute approximate surface area is 178 Å². The van der Waals surface area contributed by atoms with Gasteiger partial charge in [0, 0.05) is 22.6 Å². The van der Waals surface area contributed by atoms with Gasteiger partial charge in [0.2, 0.25) is 5.91 Å². The minimum atomic E-state index is -0.441. The molecule has 0 radical (unpaired) electrons. The highest BCUT2D eigenvalue weighted by Gasteiger charge is 2.19. The molecule has 0 fully saturated rings. The Morgan fingerprint density at radius 2 is 2.03 bits per heavy atom. The summed E-state index contributed by atoms with van der Waals surface area (Å²) >= 11 is 1.09. The summed E-state index contributed by atoms with van der Waals surface area (Å²) in [4.78, 5) is 29.2. The van der Waals surface area contributed by atoms with Crippen LogP contribution in [0.5, 0.6) is 5.75 Å². The van der Waals surface area contributed by atoms with Gasteiger partial charge < -0.3 is 13.9 Å². The van der Waals surface area contributed by atoms with Crippen LogP contribution in [0.4, 0.5) is 5.13 Å². The van der Waals surface area contributed by atoms with Crippen LogP contribution in [-0.2, 0) is 9.53 Å². The van der Waals surface area contributed by atoms with E-state index >= 15 is 0 Å². The first-order chi connectivity index (χ1) is 14.3. The first kappa shape index (κ1) is 21.6. The molecule has 30 heavy (non-hydrogen) atoms. The predicted molar refractivity (Wildman–Crippen MR) is 117 cm³/mol. The summed E-state index contributed by atoms with van der Waals surface area (Å²) in [5.74, 6) is -0.128. The van der Waals surface area contributed by atoms with Gasteiger partial charge in [-0.1, -0.05) is 11.3 Å². The van der Waals surface area contributed by atoms with Crippen molar-refractivity contribution in [2.24, 2.45) is 0 Å². The number of methoxy groups -OCH3 is 1. The molecule has 8 heteroatoms. The zero-order valence-corrected chi connectivity index (χ0v) is 18.7. The van der Waals surface area contributed by atoms with Crippen molar-refractivity contribution in [2.45, 2.75) is 34.6 Å². The molecule has 0 spiro atoms. The number of hydrogen-bond donors (Lipinski definition) is 1. The average Bonchev–Trinajstić information content (AvgIpc) is 3.24. The molecule has 158 valence electrons. The van der Waals surface area contributed by atoms with Gasteiger partial charge in [-0.2, -0.15) is 0 Å². The normalized spacial score (nSPS) is 11.6. The molecular formula is C22H24N2O5S. The first-order valence-electron chi connectivity index (χ1n) is 9.46. The van der Waals surface area contributed by atoms with Crippen LogP contribution in [0.1, 0.15) is 45.9 Å². The zero-order valence-electron chi connectivity index (χ0n) is 17.8. The van der Waals surface area contributed by atoms with E-state index in [4.69, 9.17) is 13.9 Å². The van der Waals surface area contributed by atoms with E-state index in [1.165, 1.54) is 6.08 Å². The van der Waals surface area contributed by atoms with Crippen LogP contribution in [0, 0.1) is 20.8 Å². The number of esters is 1. The van der Waals surface area contributed by atoms with Gasteiger partial charge >= 0.3 is 5.97 Å². The zero-order chi connectivity index (χ0) is 22.0. The third-order valence-corrected chi connectivity index (χ3v) is 5.75. The topological polar surface area (TPSA) is 90.7 Å². The van der Waals surface area contributed by atoms with Gasteiger partial charge in [-0.3, -0.25) is 10.1 Å². The summed E-state index contributed by atoms with van der Waals surface area (Å²) in [5.41, 5.74) is 4.72. The van der Waals surface area contributed by atoms with Gasteiger partial charge in [0.1, 0.15) is 16.2 Å². The summed E-state index contributed by atoms with van der Waals surface area (Å²) in [6.07, 6.45) is 3.19. The third-order valence-electron chi connectivity index (χ3n) is 4.70. The molecule has 0 aliphatic carbocycles. The van der Waals surface area contributed by atoms with Crippen molar-refractivity contribution in [3.05, 3.63) is 45.7 Å². The number of thiazole rings is 1. The Kier molecular flexibility index (Phi) is 6.26. The molecule has 0 atom stereocenters. The number of fused-ring (bicyclic) bond motifs is 1. The van der Waals surface area contributed by atoms with Crippen LogP contribution in [0.15, 0.2) is 22.8 Å². The standard InChI is InChI=1S/C22H24N2O5S/c1-7-28-21(26)20-14(5)23-22(30-20)24-17(25)8-11(2)15-9-16-12(3)10-29-19(16)13(4)18(15)27-6/h8-10H,7H2,1-6H3,(H,23,24,25)/b11-8+. The van der Waals surface area contributed by atoms with Crippen molar-refractivity contribution in [3.63, 3.8) is 0 Å². The molecule has 1 aromatic carbocycles. The van der Waals surface area contributed by atoms with Crippen LogP contribution in [0.3, 0.4) is 0 Å². The SMILES string of the molecule is CCOC(=O)c1sc(NC(=O)/C=C(\C)c2cc3c(C)coc3c(C)c2OC)nc1C. The molecule has 2 aromatic heterocycles. The number of allylic oxidation sites excluding steroid dienone is 1. The Morgan fingerprint density at radius 3 is 2.70 bits per heavy atom. The second kappa shape index (κ2) is 8.71.